The third-order valence-corrected chi connectivity index (χ3v) is 4.65. The second-order valence-corrected chi connectivity index (χ2v) is 6.50. The number of halogens is 1. The minimum Gasteiger partial charge on any atom is -0.497 e. The largest absolute Gasteiger partial charge is 0.497 e. The minimum atomic E-state index is -0.127. The van der Waals surface area contributed by atoms with Crippen LogP contribution in [0.2, 0.25) is 5.02 Å². The van der Waals surface area contributed by atoms with Gasteiger partial charge in [0.25, 0.3) is 0 Å². The van der Waals surface area contributed by atoms with Crippen LogP contribution in [-0.4, -0.2) is 29.7 Å². The summed E-state index contributed by atoms with van der Waals surface area (Å²) in [4.78, 5) is 18.6. The fourth-order valence-corrected chi connectivity index (χ4v) is 3.13. The van der Waals surface area contributed by atoms with E-state index in [0.717, 1.165) is 17.0 Å². The third-order valence-electron chi connectivity index (χ3n) is 4.40. The molecule has 7 heteroatoms. The normalized spacial score (nSPS) is 16.9. The number of rotatable bonds is 4. The van der Waals surface area contributed by atoms with E-state index in [1.54, 1.807) is 24.1 Å². The summed E-state index contributed by atoms with van der Waals surface area (Å²) in [7, 11) is 1.61. The zero-order valence-corrected chi connectivity index (χ0v) is 14.8. The van der Waals surface area contributed by atoms with Crippen molar-refractivity contribution in [1.29, 1.82) is 0 Å². The van der Waals surface area contributed by atoms with Gasteiger partial charge < -0.3 is 14.2 Å². The van der Waals surface area contributed by atoms with Crippen molar-refractivity contribution in [1.82, 2.24) is 10.1 Å². The van der Waals surface area contributed by atoms with E-state index in [0.29, 0.717) is 29.7 Å². The molecule has 26 heavy (non-hydrogen) atoms. The number of aromatic nitrogens is 2. The molecule has 0 N–H and O–H groups in total. The van der Waals surface area contributed by atoms with Gasteiger partial charge in [-0.3, -0.25) is 4.79 Å². The molecule has 1 fully saturated rings. The summed E-state index contributed by atoms with van der Waals surface area (Å²) in [5, 5.41) is 4.68. The van der Waals surface area contributed by atoms with E-state index in [1.165, 1.54) is 0 Å². The molecule has 3 aromatic rings. The van der Waals surface area contributed by atoms with Gasteiger partial charge in [0.2, 0.25) is 17.6 Å². The average molecular weight is 370 g/mol. The maximum Gasteiger partial charge on any atom is 0.232 e. The SMILES string of the molecule is COc1ccc(N2CC(c3nc(-c4ccc(Cl)cc4)no3)CC2=O)cc1. The van der Waals surface area contributed by atoms with E-state index in [2.05, 4.69) is 10.1 Å². The first-order valence-electron chi connectivity index (χ1n) is 8.18. The number of ether oxygens (including phenoxy) is 1. The molecule has 1 saturated heterocycles. The molecule has 0 spiro atoms. The van der Waals surface area contributed by atoms with Gasteiger partial charge >= 0.3 is 0 Å². The Hall–Kier alpha value is -2.86. The number of benzene rings is 2. The van der Waals surface area contributed by atoms with E-state index in [4.69, 9.17) is 20.9 Å². The number of methoxy groups -OCH3 is 1. The van der Waals surface area contributed by atoms with Gasteiger partial charge in [-0.05, 0) is 48.5 Å². The summed E-state index contributed by atoms with van der Waals surface area (Å²) in [6.45, 7) is 0.507. The zero-order valence-electron chi connectivity index (χ0n) is 14.1. The van der Waals surface area contributed by atoms with E-state index in [1.807, 2.05) is 36.4 Å². The molecule has 4 rings (SSSR count). The highest BCUT2D eigenvalue weighted by Crippen LogP contribution is 2.32. The molecular weight excluding hydrogens is 354 g/mol. The van der Waals surface area contributed by atoms with Crippen LogP contribution in [-0.2, 0) is 4.79 Å². The maximum atomic E-state index is 12.4. The third kappa shape index (κ3) is 3.15. The summed E-state index contributed by atoms with van der Waals surface area (Å²) in [6.07, 6.45) is 0.342. The molecule has 1 aliphatic rings. The maximum absolute atomic E-state index is 12.4. The molecule has 0 aliphatic carbocycles. The van der Waals surface area contributed by atoms with Crippen molar-refractivity contribution in [2.75, 3.05) is 18.6 Å². The Morgan fingerprint density at radius 3 is 2.58 bits per heavy atom. The summed E-state index contributed by atoms with van der Waals surface area (Å²) in [5.41, 5.74) is 1.65. The second-order valence-electron chi connectivity index (χ2n) is 6.07. The van der Waals surface area contributed by atoms with Gasteiger partial charge in [0, 0.05) is 29.2 Å². The molecule has 132 valence electrons. The highest BCUT2D eigenvalue weighted by Gasteiger charge is 2.35. The topological polar surface area (TPSA) is 68.5 Å². The van der Waals surface area contributed by atoms with Crippen molar-refractivity contribution in [3.05, 3.63) is 59.4 Å². The predicted molar refractivity (Wildman–Crippen MR) is 97.4 cm³/mol. The van der Waals surface area contributed by atoms with Gasteiger partial charge in [-0.15, -0.1) is 0 Å². The lowest BCUT2D eigenvalue weighted by atomic mass is 10.1. The molecule has 2 aromatic carbocycles. The van der Waals surface area contributed by atoms with Crippen LogP contribution < -0.4 is 9.64 Å². The molecule has 6 nitrogen and oxygen atoms in total. The van der Waals surface area contributed by atoms with Crippen molar-refractivity contribution < 1.29 is 14.1 Å². The molecule has 0 radical (unpaired) electrons. The Morgan fingerprint density at radius 2 is 1.88 bits per heavy atom. The molecular formula is C19H16ClN3O3. The molecule has 1 unspecified atom stereocenters. The zero-order chi connectivity index (χ0) is 18.1. The molecule has 0 bridgehead atoms. The fourth-order valence-electron chi connectivity index (χ4n) is 3.00. The van der Waals surface area contributed by atoms with Gasteiger partial charge in [0.05, 0.1) is 13.0 Å². The second kappa shape index (κ2) is 6.80. The van der Waals surface area contributed by atoms with Crippen LogP contribution >= 0.6 is 11.6 Å². The monoisotopic (exact) mass is 369 g/mol. The lowest BCUT2D eigenvalue weighted by Crippen LogP contribution is -2.24. The van der Waals surface area contributed by atoms with Gasteiger partial charge in [-0.1, -0.05) is 16.8 Å². The molecule has 1 aliphatic heterocycles. The number of hydrogen-bond acceptors (Lipinski definition) is 5. The minimum absolute atomic E-state index is 0.0337. The first-order valence-corrected chi connectivity index (χ1v) is 8.56. The fraction of sp³-hybridized carbons (Fsp3) is 0.211. The van der Waals surface area contributed by atoms with Crippen LogP contribution in [0, 0.1) is 0 Å². The van der Waals surface area contributed by atoms with Crippen LogP contribution in [0.25, 0.3) is 11.4 Å². The smallest absolute Gasteiger partial charge is 0.232 e. The summed E-state index contributed by atoms with van der Waals surface area (Å²) < 4.78 is 10.6. The number of carbonyl (C=O) groups excluding carboxylic acids is 1. The highest BCUT2D eigenvalue weighted by atomic mass is 35.5. The Kier molecular flexibility index (Phi) is 4.34. The van der Waals surface area contributed by atoms with Crippen molar-refractivity contribution in [2.24, 2.45) is 0 Å². The van der Waals surface area contributed by atoms with E-state index in [9.17, 15) is 4.79 Å². The Bertz CT molecular complexity index is 922. The number of hydrogen-bond donors (Lipinski definition) is 0. The standard InChI is InChI=1S/C19H16ClN3O3/c1-25-16-8-6-15(7-9-16)23-11-13(10-17(23)24)19-21-18(22-26-19)12-2-4-14(20)5-3-12/h2-9,13H,10-11H2,1H3. The predicted octanol–water partition coefficient (Wildman–Crippen LogP) is 3.92. The van der Waals surface area contributed by atoms with Gasteiger partial charge in [-0.25, -0.2) is 0 Å². The molecule has 1 atom stereocenters. The van der Waals surface area contributed by atoms with Crippen LogP contribution in [0.5, 0.6) is 5.75 Å². The first-order chi connectivity index (χ1) is 12.6. The quantitative estimate of drug-likeness (QED) is 0.697. The Balaban J connectivity index is 1.52. The van der Waals surface area contributed by atoms with Crippen molar-refractivity contribution >= 4 is 23.2 Å². The summed E-state index contributed by atoms with van der Waals surface area (Å²) in [5.74, 6) is 1.62. The van der Waals surface area contributed by atoms with E-state index >= 15 is 0 Å². The summed E-state index contributed by atoms with van der Waals surface area (Å²) in [6, 6.07) is 14.6. The number of carbonyl (C=O) groups is 1. The summed E-state index contributed by atoms with van der Waals surface area (Å²) >= 11 is 5.90. The van der Waals surface area contributed by atoms with Crippen molar-refractivity contribution in [2.45, 2.75) is 12.3 Å². The lowest BCUT2D eigenvalue weighted by Gasteiger charge is -2.16. The van der Waals surface area contributed by atoms with E-state index in [-0.39, 0.29) is 11.8 Å². The molecule has 1 amide bonds. The van der Waals surface area contributed by atoms with Crippen molar-refractivity contribution in [3.8, 4) is 17.1 Å². The van der Waals surface area contributed by atoms with Crippen molar-refractivity contribution in [3.63, 3.8) is 0 Å². The number of anilines is 1. The lowest BCUT2D eigenvalue weighted by molar-refractivity contribution is -0.117. The molecule has 0 saturated carbocycles. The average Bonchev–Trinajstić information content (AvgIpc) is 3.29. The first kappa shape index (κ1) is 16.6. The highest BCUT2D eigenvalue weighted by molar-refractivity contribution is 6.30. The molecule has 2 heterocycles. The van der Waals surface area contributed by atoms with Crippen LogP contribution in [0.15, 0.2) is 53.1 Å². The van der Waals surface area contributed by atoms with Crippen LogP contribution in [0.3, 0.4) is 0 Å². The van der Waals surface area contributed by atoms with Crippen LogP contribution in [0.1, 0.15) is 18.2 Å². The molecule has 1 aromatic heterocycles. The van der Waals surface area contributed by atoms with Crippen LogP contribution in [0.4, 0.5) is 5.69 Å². The van der Waals surface area contributed by atoms with Gasteiger partial charge in [-0.2, -0.15) is 4.98 Å². The van der Waals surface area contributed by atoms with Gasteiger partial charge in [0.15, 0.2) is 0 Å². The van der Waals surface area contributed by atoms with Gasteiger partial charge in [0.1, 0.15) is 5.75 Å². The number of nitrogens with zero attached hydrogens (tertiary/aromatic N) is 3. The Morgan fingerprint density at radius 1 is 1.15 bits per heavy atom. The van der Waals surface area contributed by atoms with E-state index < -0.39 is 0 Å². The Labute approximate surface area is 155 Å². The number of amides is 1.